The van der Waals surface area contributed by atoms with Gasteiger partial charge in [-0.25, -0.2) is 9.18 Å². The van der Waals surface area contributed by atoms with Gasteiger partial charge in [-0.2, -0.15) is 0 Å². The van der Waals surface area contributed by atoms with Crippen molar-refractivity contribution in [3.8, 4) is 5.75 Å². The molecule has 1 aliphatic heterocycles. The lowest BCUT2D eigenvalue weighted by molar-refractivity contribution is -0.122. The smallest absolute Gasteiger partial charge is 0.317 e. The van der Waals surface area contributed by atoms with Gasteiger partial charge in [-0.3, -0.25) is 9.69 Å². The van der Waals surface area contributed by atoms with E-state index in [9.17, 15) is 14.0 Å². The average molecular weight is 366 g/mol. The quantitative estimate of drug-likeness (QED) is 0.675. The lowest BCUT2D eigenvalue weighted by Crippen LogP contribution is -2.53. The lowest BCUT2D eigenvalue weighted by Gasteiger charge is -2.34. The van der Waals surface area contributed by atoms with E-state index in [1.54, 1.807) is 17.0 Å². The molecular weight excluding hydrogens is 339 g/mol. The first-order valence-electron chi connectivity index (χ1n) is 8.98. The molecule has 1 aliphatic rings. The Morgan fingerprint density at radius 2 is 1.77 bits per heavy atom. The molecule has 0 atom stereocenters. The van der Waals surface area contributed by atoms with E-state index in [0.29, 0.717) is 58.2 Å². The maximum atomic E-state index is 12.8. The van der Waals surface area contributed by atoms with Crippen molar-refractivity contribution in [1.82, 2.24) is 20.4 Å². The molecule has 0 aromatic heterocycles. The molecule has 2 rings (SSSR count). The highest BCUT2D eigenvalue weighted by atomic mass is 19.1. The number of halogens is 1. The molecule has 7 nitrogen and oxygen atoms in total. The molecular formula is C18H27FN4O3. The summed E-state index contributed by atoms with van der Waals surface area (Å²) in [7, 11) is 0. The van der Waals surface area contributed by atoms with Gasteiger partial charge < -0.3 is 20.3 Å². The minimum absolute atomic E-state index is 0.0303. The number of ether oxygens (including phenoxy) is 1. The van der Waals surface area contributed by atoms with Crippen LogP contribution in [0.4, 0.5) is 9.18 Å². The van der Waals surface area contributed by atoms with E-state index in [2.05, 4.69) is 10.6 Å². The molecule has 0 bridgehead atoms. The Balaban J connectivity index is 1.59. The molecule has 2 N–H and O–H groups in total. The second-order valence-electron chi connectivity index (χ2n) is 6.15. The van der Waals surface area contributed by atoms with Crippen LogP contribution in [0.5, 0.6) is 5.75 Å². The summed E-state index contributed by atoms with van der Waals surface area (Å²) in [5.74, 6) is 0.283. The Kier molecular flexibility index (Phi) is 8.14. The normalized spacial score (nSPS) is 14.8. The van der Waals surface area contributed by atoms with Crippen molar-refractivity contribution in [3.05, 3.63) is 30.1 Å². The van der Waals surface area contributed by atoms with Gasteiger partial charge in [0.2, 0.25) is 5.91 Å². The van der Waals surface area contributed by atoms with Crippen LogP contribution in [-0.4, -0.2) is 74.2 Å². The van der Waals surface area contributed by atoms with Crippen molar-refractivity contribution in [1.29, 1.82) is 0 Å². The monoisotopic (exact) mass is 366 g/mol. The van der Waals surface area contributed by atoms with Gasteiger partial charge in [0.05, 0.1) is 13.1 Å². The highest BCUT2D eigenvalue weighted by molar-refractivity contribution is 5.78. The Bertz CT molecular complexity index is 574. The molecule has 1 fully saturated rings. The third-order valence-electron chi connectivity index (χ3n) is 4.06. The van der Waals surface area contributed by atoms with Crippen molar-refractivity contribution in [3.63, 3.8) is 0 Å². The van der Waals surface area contributed by atoms with Crippen LogP contribution in [-0.2, 0) is 4.79 Å². The maximum Gasteiger partial charge on any atom is 0.317 e. The van der Waals surface area contributed by atoms with Crippen LogP contribution in [0.15, 0.2) is 24.3 Å². The van der Waals surface area contributed by atoms with Crippen LogP contribution in [0.3, 0.4) is 0 Å². The van der Waals surface area contributed by atoms with Crippen LogP contribution in [0.1, 0.15) is 13.3 Å². The molecule has 1 aromatic carbocycles. The zero-order chi connectivity index (χ0) is 18.8. The molecule has 3 amide bonds. The molecule has 144 valence electrons. The summed E-state index contributed by atoms with van der Waals surface area (Å²) in [4.78, 5) is 27.6. The zero-order valence-electron chi connectivity index (χ0n) is 15.2. The number of nitrogens with one attached hydrogen (secondary N) is 2. The highest BCUT2D eigenvalue weighted by Crippen LogP contribution is 2.10. The predicted octanol–water partition coefficient (Wildman–Crippen LogP) is 1.06. The van der Waals surface area contributed by atoms with Crippen molar-refractivity contribution in [2.24, 2.45) is 0 Å². The van der Waals surface area contributed by atoms with Crippen LogP contribution < -0.4 is 15.4 Å². The molecule has 26 heavy (non-hydrogen) atoms. The summed E-state index contributed by atoms with van der Waals surface area (Å²) in [6, 6.07) is 5.62. The average Bonchev–Trinajstić information content (AvgIpc) is 2.65. The van der Waals surface area contributed by atoms with E-state index in [4.69, 9.17) is 4.74 Å². The maximum absolute atomic E-state index is 12.8. The standard InChI is InChI=1S/C18H27FN4O3/c1-2-7-20-17(24)14-22-9-11-23(12-10-22)18(25)21-8-13-26-16-5-3-15(19)4-6-16/h3-6H,2,7-14H2,1H3,(H,20,24)(H,21,25). The van der Waals surface area contributed by atoms with E-state index in [1.807, 2.05) is 11.8 Å². The number of nitrogens with zero attached hydrogens (tertiary/aromatic N) is 2. The van der Waals surface area contributed by atoms with E-state index in [1.165, 1.54) is 12.1 Å². The minimum Gasteiger partial charge on any atom is -0.492 e. The van der Waals surface area contributed by atoms with Crippen molar-refractivity contribution in [2.75, 3.05) is 52.4 Å². The number of urea groups is 1. The van der Waals surface area contributed by atoms with Crippen molar-refractivity contribution in [2.45, 2.75) is 13.3 Å². The summed E-state index contributed by atoms with van der Waals surface area (Å²) in [6.45, 7) is 6.31. The predicted molar refractivity (Wildman–Crippen MR) is 96.6 cm³/mol. The Morgan fingerprint density at radius 3 is 2.42 bits per heavy atom. The number of hydrogen-bond donors (Lipinski definition) is 2. The summed E-state index contributed by atoms with van der Waals surface area (Å²) in [6.07, 6.45) is 0.921. The second-order valence-corrected chi connectivity index (χ2v) is 6.15. The summed E-state index contributed by atoms with van der Waals surface area (Å²) in [5, 5.41) is 5.66. The molecule has 0 spiro atoms. The molecule has 0 saturated carbocycles. The molecule has 8 heteroatoms. The number of piperazine rings is 1. The summed E-state index contributed by atoms with van der Waals surface area (Å²) in [5.41, 5.74) is 0. The number of benzene rings is 1. The third-order valence-corrected chi connectivity index (χ3v) is 4.06. The Hall–Kier alpha value is -2.35. The fourth-order valence-electron chi connectivity index (χ4n) is 2.60. The number of hydrogen-bond acceptors (Lipinski definition) is 4. The lowest BCUT2D eigenvalue weighted by atomic mass is 10.3. The van der Waals surface area contributed by atoms with Crippen LogP contribution >= 0.6 is 0 Å². The molecule has 1 heterocycles. The van der Waals surface area contributed by atoms with Gasteiger partial charge >= 0.3 is 6.03 Å². The largest absolute Gasteiger partial charge is 0.492 e. The number of amides is 3. The second kappa shape index (κ2) is 10.6. The van der Waals surface area contributed by atoms with Gasteiger partial charge in [-0.05, 0) is 30.7 Å². The first-order valence-corrected chi connectivity index (χ1v) is 8.98. The first-order chi connectivity index (χ1) is 12.6. The molecule has 0 unspecified atom stereocenters. The third kappa shape index (κ3) is 6.87. The van der Waals surface area contributed by atoms with Gasteiger partial charge in [0, 0.05) is 32.7 Å². The van der Waals surface area contributed by atoms with Crippen LogP contribution in [0, 0.1) is 5.82 Å². The molecule has 0 aliphatic carbocycles. The van der Waals surface area contributed by atoms with Gasteiger partial charge in [-0.1, -0.05) is 6.92 Å². The van der Waals surface area contributed by atoms with Crippen molar-refractivity contribution >= 4 is 11.9 Å². The first kappa shape index (κ1) is 20.0. The number of carbonyl (C=O) groups is 2. The fraction of sp³-hybridized carbons (Fsp3) is 0.556. The Labute approximate surface area is 153 Å². The van der Waals surface area contributed by atoms with Gasteiger partial charge in [-0.15, -0.1) is 0 Å². The van der Waals surface area contributed by atoms with E-state index in [-0.39, 0.29) is 17.8 Å². The Morgan fingerprint density at radius 1 is 1.08 bits per heavy atom. The topological polar surface area (TPSA) is 73.9 Å². The van der Waals surface area contributed by atoms with Gasteiger partial charge in [0.1, 0.15) is 18.2 Å². The van der Waals surface area contributed by atoms with Gasteiger partial charge in [0.25, 0.3) is 0 Å². The fourth-order valence-corrected chi connectivity index (χ4v) is 2.60. The summed E-state index contributed by atoms with van der Waals surface area (Å²) < 4.78 is 18.2. The van der Waals surface area contributed by atoms with E-state index in [0.717, 1.165) is 6.42 Å². The number of rotatable bonds is 8. The van der Waals surface area contributed by atoms with Gasteiger partial charge in [0.15, 0.2) is 0 Å². The molecule has 1 aromatic rings. The van der Waals surface area contributed by atoms with Crippen molar-refractivity contribution < 1.29 is 18.7 Å². The van der Waals surface area contributed by atoms with Crippen LogP contribution in [0.2, 0.25) is 0 Å². The SMILES string of the molecule is CCCNC(=O)CN1CCN(C(=O)NCCOc2ccc(F)cc2)CC1. The number of carbonyl (C=O) groups excluding carboxylic acids is 2. The van der Waals surface area contributed by atoms with E-state index < -0.39 is 0 Å². The van der Waals surface area contributed by atoms with E-state index >= 15 is 0 Å². The highest BCUT2D eigenvalue weighted by Gasteiger charge is 2.21. The molecule has 0 radical (unpaired) electrons. The minimum atomic E-state index is -0.312. The van der Waals surface area contributed by atoms with Crippen LogP contribution in [0.25, 0.3) is 0 Å². The summed E-state index contributed by atoms with van der Waals surface area (Å²) >= 11 is 0. The molecule has 1 saturated heterocycles. The zero-order valence-corrected chi connectivity index (χ0v) is 15.2.